The highest BCUT2D eigenvalue weighted by molar-refractivity contribution is 5.72. The Hall–Kier alpha value is -2.96. The van der Waals surface area contributed by atoms with E-state index in [2.05, 4.69) is 11.6 Å². The van der Waals surface area contributed by atoms with Crippen molar-refractivity contribution in [2.45, 2.75) is 26.4 Å². The fourth-order valence-corrected chi connectivity index (χ4v) is 2.73. The molecule has 6 nitrogen and oxygen atoms in total. The predicted octanol–water partition coefficient (Wildman–Crippen LogP) is 2.25. The molecule has 2 aromatic heterocycles. The van der Waals surface area contributed by atoms with Gasteiger partial charge in [0.15, 0.2) is 11.2 Å². The summed E-state index contributed by atoms with van der Waals surface area (Å²) < 4.78 is 17.7. The zero-order valence-electron chi connectivity index (χ0n) is 13.4. The van der Waals surface area contributed by atoms with Crippen LogP contribution in [0.4, 0.5) is 4.39 Å². The monoisotopic (exact) mass is 328 g/mol. The van der Waals surface area contributed by atoms with Gasteiger partial charge in [-0.25, -0.2) is 18.7 Å². The average Bonchev–Trinajstić information content (AvgIpc) is 2.91. The van der Waals surface area contributed by atoms with Crippen molar-refractivity contribution >= 4 is 11.2 Å². The van der Waals surface area contributed by atoms with Crippen LogP contribution in [-0.2, 0) is 6.54 Å². The fourth-order valence-electron chi connectivity index (χ4n) is 2.73. The topological polar surface area (TPSA) is 61.8 Å². The molecule has 0 aliphatic carbocycles. The van der Waals surface area contributed by atoms with Crippen LogP contribution in [0.3, 0.4) is 0 Å². The van der Waals surface area contributed by atoms with E-state index in [1.807, 2.05) is 0 Å². The number of aromatic nitrogens is 4. The Morgan fingerprint density at radius 1 is 1.33 bits per heavy atom. The summed E-state index contributed by atoms with van der Waals surface area (Å²) in [5.41, 5.74) is -0.154. The van der Waals surface area contributed by atoms with E-state index < -0.39 is 17.1 Å². The first-order valence-corrected chi connectivity index (χ1v) is 7.55. The van der Waals surface area contributed by atoms with E-state index in [1.165, 1.54) is 29.1 Å². The minimum Gasteiger partial charge on any atom is -0.321 e. The molecule has 1 aromatic carbocycles. The largest absolute Gasteiger partial charge is 0.337 e. The molecule has 3 aromatic rings. The summed E-state index contributed by atoms with van der Waals surface area (Å²) in [6, 6.07) is 5.30. The van der Waals surface area contributed by atoms with Crippen LogP contribution >= 0.6 is 0 Å². The molecular weight excluding hydrogens is 311 g/mol. The number of fused-ring (bicyclic) bond motifs is 1. The van der Waals surface area contributed by atoms with Gasteiger partial charge in [-0.15, -0.1) is 6.58 Å². The van der Waals surface area contributed by atoms with E-state index in [0.29, 0.717) is 12.2 Å². The fraction of sp³-hybridized carbons (Fsp3) is 0.235. The van der Waals surface area contributed by atoms with E-state index in [0.717, 1.165) is 4.57 Å². The van der Waals surface area contributed by atoms with Gasteiger partial charge in [-0.2, -0.15) is 0 Å². The number of hydrogen-bond donors (Lipinski definition) is 0. The third-order valence-corrected chi connectivity index (χ3v) is 3.76. The first-order chi connectivity index (χ1) is 11.5. The van der Waals surface area contributed by atoms with Crippen molar-refractivity contribution in [2.75, 3.05) is 0 Å². The summed E-state index contributed by atoms with van der Waals surface area (Å²) in [5.74, 6) is -0.472. The van der Waals surface area contributed by atoms with Crippen molar-refractivity contribution in [1.82, 2.24) is 18.7 Å². The summed E-state index contributed by atoms with van der Waals surface area (Å²) in [7, 11) is 0. The number of halogens is 1. The maximum absolute atomic E-state index is 13.6. The molecule has 7 heteroatoms. The van der Waals surface area contributed by atoms with Crippen LogP contribution in [0.25, 0.3) is 16.9 Å². The minimum absolute atomic E-state index is 0.203. The zero-order valence-corrected chi connectivity index (χ0v) is 13.4. The van der Waals surface area contributed by atoms with Crippen molar-refractivity contribution in [3.63, 3.8) is 0 Å². The van der Waals surface area contributed by atoms with E-state index >= 15 is 0 Å². The smallest absolute Gasteiger partial charge is 0.321 e. The molecule has 0 aliphatic rings. The quantitative estimate of drug-likeness (QED) is 0.690. The zero-order chi connectivity index (χ0) is 17.4. The van der Waals surface area contributed by atoms with E-state index in [4.69, 9.17) is 0 Å². The molecule has 0 saturated carbocycles. The Morgan fingerprint density at radius 3 is 2.71 bits per heavy atom. The van der Waals surface area contributed by atoms with Crippen molar-refractivity contribution in [1.29, 1.82) is 0 Å². The highest BCUT2D eigenvalue weighted by atomic mass is 19.1. The number of rotatable bonds is 4. The maximum atomic E-state index is 13.6. The molecule has 124 valence electrons. The lowest BCUT2D eigenvalue weighted by Gasteiger charge is -2.14. The molecule has 24 heavy (non-hydrogen) atoms. The summed E-state index contributed by atoms with van der Waals surface area (Å²) in [5, 5.41) is 0. The van der Waals surface area contributed by atoms with Gasteiger partial charge in [0.25, 0.3) is 5.56 Å². The van der Waals surface area contributed by atoms with Crippen LogP contribution < -0.4 is 11.2 Å². The molecule has 0 N–H and O–H groups in total. The van der Waals surface area contributed by atoms with Gasteiger partial charge in [0.2, 0.25) is 0 Å². The maximum Gasteiger partial charge on any atom is 0.337 e. The second kappa shape index (κ2) is 5.92. The summed E-state index contributed by atoms with van der Waals surface area (Å²) in [6.07, 6.45) is 3.12. The van der Waals surface area contributed by atoms with Crippen molar-refractivity contribution in [3.05, 3.63) is 69.9 Å². The highest BCUT2D eigenvalue weighted by Gasteiger charge is 2.20. The van der Waals surface area contributed by atoms with Gasteiger partial charge in [-0.05, 0) is 32.0 Å². The van der Waals surface area contributed by atoms with Gasteiger partial charge < -0.3 is 4.57 Å². The van der Waals surface area contributed by atoms with E-state index in [9.17, 15) is 14.0 Å². The molecule has 0 fully saturated rings. The van der Waals surface area contributed by atoms with Crippen LogP contribution in [0.15, 0.2) is 52.8 Å². The van der Waals surface area contributed by atoms with Crippen LogP contribution in [0.2, 0.25) is 0 Å². The lowest BCUT2D eigenvalue weighted by molar-refractivity contribution is 0.538. The summed E-state index contributed by atoms with van der Waals surface area (Å²) >= 11 is 0. The Balaban J connectivity index is 2.51. The van der Waals surface area contributed by atoms with Crippen LogP contribution in [0.1, 0.15) is 19.9 Å². The number of benzene rings is 1. The number of imidazole rings is 1. The third kappa shape index (κ3) is 2.38. The van der Waals surface area contributed by atoms with Gasteiger partial charge in [0, 0.05) is 12.6 Å². The van der Waals surface area contributed by atoms with E-state index in [1.54, 1.807) is 30.6 Å². The SMILES string of the molecule is C=CCn1cnc2c1c(=O)n(C(C)C)c(=O)n2-c1cccc(F)c1. The molecule has 0 radical (unpaired) electrons. The molecule has 0 spiro atoms. The number of nitrogens with zero attached hydrogens (tertiary/aromatic N) is 4. The van der Waals surface area contributed by atoms with Crippen LogP contribution in [0, 0.1) is 5.82 Å². The van der Waals surface area contributed by atoms with Gasteiger partial charge in [-0.3, -0.25) is 9.36 Å². The Morgan fingerprint density at radius 2 is 2.08 bits per heavy atom. The molecule has 2 heterocycles. The second-order valence-corrected chi connectivity index (χ2v) is 5.72. The van der Waals surface area contributed by atoms with Crippen molar-refractivity contribution < 1.29 is 4.39 Å². The normalized spacial score (nSPS) is 11.3. The molecular formula is C17H17FN4O2. The number of allylic oxidation sites excluding steroid dienone is 1. The Kier molecular flexibility index (Phi) is 3.92. The Labute approximate surface area is 137 Å². The molecule has 0 saturated heterocycles. The highest BCUT2D eigenvalue weighted by Crippen LogP contribution is 2.15. The molecule has 0 bridgehead atoms. The average molecular weight is 328 g/mol. The lowest BCUT2D eigenvalue weighted by Crippen LogP contribution is -2.41. The minimum atomic E-state index is -0.544. The predicted molar refractivity (Wildman–Crippen MR) is 90.1 cm³/mol. The second-order valence-electron chi connectivity index (χ2n) is 5.72. The Bertz CT molecular complexity index is 1040. The first kappa shape index (κ1) is 15.9. The van der Waals surface area contributed by atoms with Gasteiger partial charge in [-0.1, -0.05) is 12.1 Å². The summed E-state index contributed by atoms with van der Waals surface area (Å²) in [4.78, 5) is 29.8. The molecule has 0 unspecified atom stereocenters. The van der Waals surface area contributed by atoms with Crippen molar-refractivity contribution in [2.24, 2.45) is 0 Å². The van der Waals surface area contributed by atoms with Gasteiger partial charge in [0.05, 0.1) is 12.0 Å². The van der Waals surface area contributed by atoms with E-state index in [-0.39, 0.29) is 17.2 Å². The summed E-state index contributed by atoms with van der Waals surface area (Å²) in [6.45, 7) is 7.54. The molecule has 0 amide bonds. The number of hydrogen-bond acceptors (Lipinski definition) is 3. The molecule has 0 atom stereocenters. The molecule has 3 rings (SSSR count). The van der Waals surface area contributed by atoms with Gasteiger partial charge in [0.1, 0.15) is 5.82 Å². The van der Waals surface area contributed by atoms with Crippen molar-refractivity contribution in [3.8, 4) is 5.69 Å². The lowest BCUT2D eigenvalue weighted by atomic mass is 10.3. The third-order valence-electron chi connectivity index (χ3n) is 3.76. The van der Waals surface area contributed by atoms with Crippen LogP contribution in [-0.4, -0.2) is 18.7 Å². The van der Waals surface area contributed by atoms with Gasteiger partial charge >= 0.3 is 5.69 Å². The van der Waals surface area contributed by atoms with Crippen LogP contribution in [0.5, 0.6) is 0 Å². The molecule has 0 aliphatic heterocycles. The first-order valence-electron chi connectivity index (χ1n) is 7.55. The standard InChI is InChI=1S/C17H17FN4O2/c1-4-8-20-10-19-15-14(20)16(23)21(11(2)3)17(24)22(15)13-7-5-6-12(18)9-13/h4-7,9-11H,1,8H2,2-3H3.